The third-order valence-corrected chi connectivity index (χ3v) is 3.45. The van der Waals surface area contributed by atoms with Crippen LogP contribution in [0.2, 0.25) is 0 Å². The van der Waals surface area contributed by atoms with Crippen molar-refractivity contribution in [2.24, 2.45) is 0 Å². The van der Waals surface area contributed by atoms with E-state index in [1.807, 2.05) is 24.3 Å². The summed E-state index contributed by atoms with van der Waals surface area (Å²) in [4.78, 5) is 12.2. The summed E-state index contributed by atoms with van der Waals surface area (Å²) in [6.45, 7) is 4.86. The average Bonchev–Trinajstić information content (AvgIpc) is 2.44. The molecule has 0 aliphatic carbocycles. The standard InChI is InChI=1S/C15H23N3O/c1-3-4-7-11(2)17-15(19)14-10-16-12-8-5-6-9-13(12)18-14/h5-6,8-9,11,14,16,18H,3-4,7,10H2,1-2H3,(H,17,19). The molecule has 0 saturated heterocycles. The van der Waals surface area contributed by atoms with Gasteiger partial charge in [0, 0.05) is 12.6 Å². The summed E-state index contributed by atoms with van der Waals surface area (Å²) >= 11 is 0. The van der Waals surface area contributed by atoms with Crippen LogP contribution < -0.4 is 16.0 Å². The lowest BCUT2D eigenvalue weighted by Gasteiger charge is -2.28. The molecular formula is C15H23N3O. The Hall–Kier alpha value is -1.71. The van der Waals surface area contributed by atoms with Gasteiger partial charge in [-0.3, -0.25) is 4.79 Å². The van der Waals surface area contributed by atoms with E-state index in [0.717, 1.165) is 30.6 Å². The van der Waals surface area contributed by atoms with Gasteiger partial charge in [-0.25, -0.2) is 0 Å². The van der Waals surface area contributed by atoms with Gasteiger partial charge in [0.05, 0.1) is 11.4 Å². The number of unbranched alkanes of at least 4 members (excludes halogenated alkanes) is 1. The molecule has 0 saturated carbocycles. The van der Waals surface area contributed by atoms with Crippen molar-refractivity contribution in [3.8, 4) is 0 Å². The molecule has 19 heavy (non-hydrogen) atoms. The number of hydrogen-bond donors (Lipinski definition) is 3. The first-order valence-electron chi connectivity index (χ1n) is 7.10. The molecule has 2 atom stereocenters. The molecule has 0 spiro atoms. The molecule has 1 amide bonds. The zero-order chi connectivity index (χ0) is 13.7. The van der Waals surface area contributed by atoms with Gasteiger partial charge in [-0.1, -0.05) is 31.9 Å². The number of carbonyl (C=O) groups is 1. The summed E-state index contributed by atoms with van der Waals surface area (Å²) in [5.41, 5.74) is 2.06. The molecule has 0 aromatic heterocycles. The smallest absolute Gasteiger partial charge is 0.244 e. The molecule has 0 radical (unpaired) electrons. The van der Waals surface area contributed by atoms with Crippen molar-refractivity contribution in [2.45, 2.75) is 45.2 Å². The fraction of sp³-hybridized carbons (Fsp3) is 0.533. The molecule has 1 aromatic carbocycles. The van der Waals surface area contributed by atoms with E-state index in [2.05, 4.69) is 29.8 Å². The van der Waals surface area contributed by atoms with E-state index in [1.54, 1.807) is 0 Å². The third-order valence-electron chi connectivity index (χ3n) is 3.45. The van der Waals surface area contributed by atoms with Crippen molar-refractivity contribution >= 4 is 17.3 Å². The van der Waals surface area contributed by atoms with Gasteiger partial charge in [0.25, 0.3) is 0 Å². The number of hydrogen-bond acceptors (Lipinski definition) is 3. The molecular weight excluding hydrogens is 238 g/mol. The Kier molecular flexibility index (Phi) is 4.66. The van der Waals surface area contributed by atoms with Gasteiger partial charge in [0.15, 0.2) is 0 Å². The maximum absolute atomic E-state index is 12.2. The van der Waals surface area contributed by atoms with Crippen molar-refractivity contribution in [1.29, 1.82) is 0 Å². The summed E-state index contributed by atoms with van der Waals surface area (Å²) in [5, 5.41) is 9.64. The van der Waals surface area contributed by atoms with E-state index >= 15 is 0 Å². The van der Waals surface area contributed by atoms with Gasteiger partial charge in [-0.05, 0) is 25.5 Å². The number of amides is 1. The molecule has 2 rings (SSSR count). The van der Waals surface area contributed by atoms with Crippen molar-refractivity contribution in [1.82, 2.24) is 5.32 Å². The van der Waals surface area contributed by atoms with Gasteiger partial charge >= 0.3 is 0 Å². The fourth-order valence-corrected chi connectivity index (χ4v) is 2.30. The van der Waals surface area contributed by atoms with Crippen LogP contribution in [0.1, 0.15) is 33.1 Å². The number of carbonyl (C=O) groups excluding carboxylic acids is 1. The van der Waals surface area contributed by atoms with Crippen LogP contribution in [0.4, 0.5) is 11.4 Å². The summed E-state index contributed by atoms with van der Waals surface area (Å²) in [7, 11) is 0. The molecule has 1 aromatic rings. The minimum absolute atomic E-state index is 0.0746. The molecule has 4 nitrogen and oxygen atoms in total. The molecule has 1 aliphatic rings. The minimum atomic E-state index is -0.195. The second kappa shape index (κ2) is 6.45. The SMILES string of the molecule is CCCCC(C)NC(=O)C1CNc2ccccc2N1. The first-order chi connectivity index (χ1) is 9.20. The van der Waals surface area contributed by atoms with Crippen LogP contribution >= 0.6 is 0 Å². The summed E-state index contributed by atoms with van der Waals surface area (Å²) in [6.07, 6.45) is 3.36. The van der Waals surface area contributed by atoms with Crippen molar-refractivity contribution in [3.63, 3.8) is 0 Å². The molecule has 0 bridgehead atoms. The third kappa shape index (κ3) is 3.63. The van der Waals surface area contributed by atoms with Crippen LogP contribution in [-0.4, -0.2) is 24.5 Å². The Balaban J connectivity index is 1.88. The maximum Gasteiger partial charge on any atom is 0.244 e. The van der Waals surface area contributed by atoms with E-state index in [1.165, 1.54) is 0 Å². The predicted molar refractivity (Wildman–Crippen MR) is 79.5 cm³/mol. The first-order valence-corrected chi connectivity index (χ1v) is 7.10. The highest BCUT2D eigenvalue weighted by Gasteiger charge is 2.23. The molecule has 1 heterocycles. The number of nitrogens with one attached hydrogen (secondary N) is 3. The highest BCUT2D eigenvalue weighted by Crippen LogP contribution is 2.25. The van der Waals surface area contributed by atoms with Crippen LogP contribution in [0.25, 0.3) is 0 Å². The normalized spacial score (nSPS) is 18.7. The zero-order valence-corrected chi connectivity index (χ0v) is 11.7. The Morgan fingerprint density at radius 1 is 1.42 bits per heavy atom. The number of anilines is 2. The van der Waals surface area contributed by atoms with Crippen LogP contribution in [-0.2, 0) is 4.79 Å². The second-order valence-corrected chi connectivity index (χ2v) is 5.18. The molecule has 4 heteroatoms. The average molecular weight is 261 g/mol. The number of para-hydroxylation sites is 2. The number of fused-ring (bicyclic) bond motifs is 1. The fourth-order valence-electron chi connectivity index (χ4n) is 2.30. The number of benzene rings is 1. The van der Waals surface area contributed by atoms with E-state index < -0.39 is 0 Å². The van der Waals surface area contributed by atoms with Crippen molar-refractivity contribution in [2.75, 3.05) is 17.2 Å². The number of rotatable bonds is 5. The van der Waals surface area contributed by atoms with Crippen LogP contribution in [0.3, 0.4) is 0 Å². The Labute approximate surface area is 115 Å². The Bertz CT molecular complexity index is 433. The minimum Gasteiger partial charge on any atom is -0.381 e. The van der Waals surface area contributed by atoms with Crippen LogP contribution in [0, 0.1) is 0 Å². The lowest BCUT2D eigenvalue weighted by molar-refractivity contribution is -0.122. The molecule has 2 unspecified atom stereocenters. The van der Waals surface area contributed by atoms with E-state index in [0.29, 0.717) is 6.54 Å². The highest BCUT2D eigenvalue weighted by molar-refractivity contribution is 5.88. The van der Waals surface area contributed by atoms with E-state index in [9.17, 15) is 4.79 Å². The van der Waals surface area contributed by atoms with Crippen LogP contribution in [0.15, 0.2) is 24.3 Å². The zero-order valence-electron chi connectivity index (χ0n) is 11.7. The second-order valence-electron chi connectivity index (χ2n) is 5.18. The molecule has 1 aliphatic heterocycles. The summed E-state index contributed by atoms with van der Waals surface area (Å²) in [6, 6.07) is 8.01. The first kappa shape index (κ1) is 13.7. The van der Waals surface area contributed by atoms with Gasteiger partial charge in [-0.15, -0.1) is 0 Å². The molecule has 3 N–H and O–H groups in total. The Morgan fingerprint density at radius 3 is 2.89 bits per heavy atom. The monoisotopic (exact) mass is 261 g/mol. The van der Waals surface area contributed by atoms with Gasteiger partial charge in [-0.2, -0.15) is 0 Å². The van der Waals surface area contributed by atoms with Crippen molar-refractivity contribution in [3.05, 3.63) is 24.3 Å². The van der Waals surface area contributed by atoms with Gasteiger partial charge in [0.1, 0.15) is 6.04 Å². The maximum atomic E-state index is 12.2. The topological polar surface area (TPSA) is 53.2 Å². The van der Waals surface area contributed by atoms with Crippen molar-refractivity contribution < 1.29 is 4.79 Å². The van der Waals surface area contributed by atoms with Gasteiger partial charge in [0.2, 0.25) is 5.91 Å². The highest BCUT2D eigenvalue weighted by atomic mass is 16.2. The van der Waals surface area contributed by atoms with Crippen LogP contribution in [0.5, 0.6) is 0 Å². The lowest BCUT2D eigenvalue weighted by atomic mass is 10.1. The summed E-state index contributed by atoms with van der Waals surface area (Å²) in [5.74, 6) is 0.0746. The quantitative estimate of drug-likeness (QED) is 0.763. The van der Waals surface area contributed by atoms with E-state index in [-0.39, 0.29) is 18.0 Å². The predicted octanol–water partition coefficient (Wildman–Crippen LogP) is 2.59. The van der Waals surface area contributed by atoms with Gasteiger partial charge < -0.3 is 16.0 Å². The van der Waals surface area contributed by atoms with E-state index in [4.69, 9.17) is 0 Å². The summed E-state index contributed by atoms with van der Waals surface area (Å²) < 4.78 is 0. The molecule has 0 fully saturated rings. The molecule has 104 valence electrons. The largest absolute Gasteiger partial charge is 0.381 e. The Morgan fingerprint density at radius 2 is 2.16 bits per heavy atom. The lowest BCUT2D eigenvalue weighted by Crippen LogP contribution is -2.48.